The van der Waals surface area contributed by atoms with E-state index in [-0.39, 0.29) is 5.92 Å². The van der Waals surface area contributed by atoms with Gasteiger partial charge in [-0.3, -0.25) is 0 Å². The van der Waals surface area contributed by atoms with Gasteiger partial charge in [0.1, 0.15) is 5.60 Å². The number of rotatable bonds is 2. The van der Waals surface area contributed by atoms with Crippen LogP contribution in [0.2, 0.25) is 0 Å². The summed E-state index contributed by atoms with van der Waals surface area (Å²) in [5.74, 6) is -0.669. The average molecular weight is 295 g/mol. The van der Waals surface area contributed by atoms with Crippen LogP contribution in [0.25, 0.3) is 0 Å². The van der Waals surface area contributed by atoms with E-state index < -0.39 is 27.7 Å². The number of likely N-dealkylation sites (tertiary alicyclic amines) is 1. The van der Waals surface area contributed by atoms with Crippen molar-refractivity contribution in [1.82, 2.24) is 4.90 Å². The Hall–Kier alpha value is -0.850. The Balaban J connectivity index is 2.52. The fraction of sp³-hybridized carbons (Fsp3) is 0.917. The molecule has 0 unspecified atom stereocenters. The fourth-order valence-corrected chi connectivity index (χ4v) is 3.02. The molecule has 0 aromatic rings. The maximum atomic E-state index is 12.7. The molecule has 0 aromatic heterocycles. The molecule has 1 heterocycles. The summed E-state index contributed by atoms with van der Waals surface area (Å²) in [7, 11) is -4.44. The van der Waals surface area contributed by atoms with E-state index in [1.165, 1.54) is 0 Å². The minimum atomic E-state index is -4.44. The summed E-state index contributed by atoms with van der Waals surface area (Å²) in [6.07, 6.45) is 1.38. The molecule has 1 aliphatic rings. The molecule has 1 aliphatic heterocycles. The maximum absolute atomic E-state index is 12.7. The molecule has 112 valence electrons. The Bertz CT molecular complexity index is 416. The maximum Gasteiger partial charge on any atom is 0.410 e. The van der Waals surface area contributed by atoms with Crippen LogP contribution in [0, 0.1) is 5.92 Å². The van der Waals surface area contributed by atoms with Crippen LogP contribution in [0.5, 0.6) is 0 Å². The molecule has 0 saturated carbocycles. The van der Waals surface area contributed by atoms with Crippen molar-refractivity contribution in [2.75, 3.05) is 18.8 Å². The highest BCUT2D eigenvalue weighted by atomic mass is 32.3. The van der Waals surface area contributed by atoms with Gasteiger partial charge in [-0.25, -0.2) is 4.79 Å². The van der Waals surface area contributed by atoms with Crippen molar-refractivity contribution in [3.8, 4) is 0 Å². The summed E-state index contributed by atoms with van der Waals surface area (Å²) in [6, 6.07) is 0. The standard InChI is InChI=1S/C12H22FNO4S/c1-12(2,3)18-11(15)14-7-4-5-10(6-8-14)9-19(13,16)17/h10H,4-9H2,1-3H3/t10-/m0/s1. The van der Waals surface area contributed by atoms with Gasteiger partial charge in [-0.1, -0.05) is 0 Å². The van der Waals surface area contributed by atoms with E-state index in [2.05, 4.69) is 0 Å². The van der Waals surface area contributed by atoms with E-state index in [9.17, 15) is 17.1 Å². The molecule has 0 radical (unpaired) electrons. The third kappa shape index (κ3) is 6.75. The highest BCUT2D eigenvalue weighted by molar-refractivity contribution is 7.86. The van der Waals surface area contributed by atoms with Gasteiger partial charge in [0, 0.05) is 13.1 Å². The molecule has 1 rings (SSSR count). The molecule has 0 spiro atoms. The van der Waals surface area contributed by atoms with E-state index in [0.29, 0.717) is 32.4 Å². The number of ether oxygens (including phenoxy) is 1. The highest BCUT2D eigenvalue weighted by Gasteiger charge is 2.27. The second kappa shape index (κ2) is 6.07. The van der Waals surface area contributed by atoms with Crippen LogP contribution in [0.4, 0.5) is 8.68 Å². The Morgan fingerprint density at radius 1 is 1.32 bits per heavy atom. The quantitative estimate of drug-likeness (QED) is 0.733. The lowest BCUT2D eigenvalue weighted by Crippen LogP contribution is -2.37. The van der Waals surface area contributed by atoms with Crippen molar-refractivity contribution in [3.05, 3.63) is 0 Å². The normalized spacial score (nSPS) is 21.9. The number of carbonyl (C=O) groups is 1. The third-order valence-electron chi connectivity index (χ3n) is 2.93. The van der Waals surface area contributed by atoms with Gasteiger partial charge in [0.25, 0.3) is 0 Å². The Labute approximate surface area is 114 Å². The van der Waals surface area contributed by atoms with Crippen molar-refractivity contribution in [2.24, 2.45) is 5.92 Å². The lowest BCUT2D eigenvalue weighted by molar-refractivity contribution is 0.0255. The second-order valence-corrected chi connectivity index (χ2v) is 7.38. The van der Waals surface area contributed by atoms with Crippen LogP contribution >= 0.6 is 0 Å². The molecule has 0 aliphatic carbocycles. The van der Waals surface area contributed by atoms with Crippen molar-refractivity contribution in [1.29, 1.82) is 0 Å². The van der Waals surface area contributed by atoms with E-state index in [0.717, 1.165) is 0 Å². The number of hydrogen-bond acceptors (Lipinski definition) is 4. The number of amides is 1. The SMILES string of the molecule is CC(C)(C)OC(=O)N1CCC[C@H](CS(=O)(=O)F)CC1. The lowest BCUT2D eigenvalue weighted by Gasteiger charge is -2.26. The summed E-state index contributed by atoms with van der Waals surface area (Å²) >= 11 is 0. The summed E-state index contributed by atoms with van der Waals surface area (Å²) in [6.45, 7) is 6.32. The topological polar surface area (TPSA) is 63.7 Å². The largest absolute Gasteiger partial charge is 0.444 e. The Kier molecular flexibility index (Phi) is 5.18. The van der Waals surface area contributed by atoms with Gasteiger partial charge in [-0.05, 0) is 46.0 Å². The van der Waals surface area contributed by atoms with Crippen LogP contribution in [0.15, 0.2) is 0 Å². The monoisotopic (exact) mass is 295 g/mol. The zero-order valence-electron chi connectivity index (χ0n) is 11.7. The molecular formula is C12H22FNO4S. The first kappa shape index (κ1) is 16.2. The highest BCUT2D eigenvalue weighted by Crippen LogP contribution is 2.21. The molecule has 0 N–H and O–H groups in total. The number of nitrogens with zero attached hydrogens (tertiary/aromatic N) is 1. The van der Waals surface area contributed by atoms with Crippen molar-refractivity contribution >= 4 is 16.3 Å². The number of halogens is 1. The summed E-state index contributed by atoms with van der Waals surface area (Å²) in [4.78, 5) is 13.4. The average Bonchev–Trinajstić information content (AvgIpc) is 2.38. The molecule has 0 bridgehead atoms. The Morgan fingerprint density at radius 3 is 2.47 bits per heavy atom. The van der Waals surface area contributed by atoms with Crippen molar-refractivity contribution in [2.45, 2.75) is 45.6 Å². The molecule has 1 amide bonds. The molecule has 1 saturated heterocycles. The molecule has 1 atom stereocenters. The van der Waals surface area contributed by atoms with Gasteiger partial charge in [0.15, 0.2) is 0 Å². The van der Waals surface area contributed by atoms with Gasteiger partial charge < -0.3 is 9.64 Å². The molecule has 7 heteroatoms. The second-order valence-electron chi connectivity index (χ2n) is 5.97. The third-order valence-corrected chi connectivity index (χ3v) is 3.80. The van der Waals surface area contributed by atoms with Crippen LogP contribution in [0.1, 0.15) is 40.0 Å². The molecule has 1 fully saturated rings. The first-order chi connectivity index (χ1) is 8.57. The summed E-state index contributed by atoms with van der Waals surface area (Å²) in [5, 5.41) is 0. The number of hydrogen-bond donors (Lipinski definition) is 0. The molecule has 5 nitrogen and oxygen atoms in total. The first-order valence-electron chi connectivity index (χ1n) is 6.47. The van der Waals surface area contributed by atoms with Crippen LogP contribution in [-0.2, 0) is 15.0 Å². The minimum Gasteiger partial charge on any atom is -0.444 e. The van der Waals surface area contributed by atoms with E-state index in [4.69, 9.17) is 4.74 Å². The molecular weight excluding hydrogens is 273 g/mol. The minimum absolute atomic E-state index is 0.220. The fourth-order valence-electron chi connectivity index (χ4n) is 2.12. The smallest absolute Gasteiger partial charge is 0.410 e. The van der Waals surface area contributed by atoms with Crippen LogP contribution in [-0.4, -0.2) is 43.9 Å². The summed E-state index contributed by atoms with van der Waals surface area (Å²) < 4.78 is 39.2. The Morgan fingerprint density at radius 2 is 1.95 bits per heavy atom. The van der Waals surface area contributed by atoms with Crippen molar-refractivity contribution in [3.63, 3.8) is 0 Å². The molecule has 19 heavy (non-hydrogen) atoms. The molecule has 0 aromatic carbocycles. The van der Waals surface area contributed by atoms with E-state index >= 15 is 0 Å². The van der Waals surface area contributed by atoms with Gasteiger partial charge >= 0.3 is 16.3 Å². The predicted molar refractivity (Wildman–Crippen MR) is 70.0 cm³/mol. The predicted octanol–water partition coefficient (Wildman–Crippen LogP) is 2.32. The van der Waals surface area contributed by atoms with Gasteiger partial charge in [0.2, 0.25) is 0 Å². The number of carbonyl (C=O) groups excluding carboxylic acids is 1. The van der Waals surface area contributed by atoms with E-state index in [1.54, 1.807) is 25.7 Å². The van der Waals surface area contributed by atoms with Crippen LogP contribution in [0.3, 0.4) is 0 Å². The lowest BCUT2D eigenvalue weighted by atomic mass is 10.0. The van der Waals surface area contributed by atoms with Gasteiger partial charge in [0.05, 0.1) is 5.75 Å². The van der Waals surface area contributed by atoms with Crippen molar-refractivity contribution < 1.29 is 21.8 Å². The van der Waals surface area contributed by atoms with Crippen LogP contribution < -0.4 is 0 Å². The first-order valence-corrected chi connectivity index (χ1v) is 8.02. The zero-order chi connectivity index (χ0) is 14.7. The van der Waals surface area contributed by atoms with Gasteiger partial charge in [-0.2, -0.15) is 8.42 Å². The summed E-state index contributed by atoms with van der Waals surface area (Å²) in [5.41, 5.74) is -0.551. The zero-order valence-corrected chi connectivity index (χ0v) is 12.5. The van der Waals surface area contributed by atoms with Gasteiger partial charge in [-0.15, -0.1) is 3.89 Å². The van der Waals surface area contributed by atoms with E-state index in [1.807, 2.05) is 0 Å².